The maximum Gasteiger partial charge on any atom is 0.0584 e. The van der Waals surface area contributed by atoms with Crippen LogP contribution in [0.15, 0.2) is 0 Å². The van der Waals surface area contributed by atoms with Gasteiger partial charge in [0.25, 0.3) is 0 Å². The van der Waals surface area contributed by atoms with Gasteiger partial charge < -0.3 is 15.7 Å². The molecule has 1 rings (SSSR count). The molecule has 1 aliphatic carbocycles. The smallest absolute Gasteiger partial charge is 0.0584 e. The molecule has 1 fully saturated rings. The summed E-state index contributed by atoms with van der Waals surface area (Å²) in [5.74, 6) is 0.617. The maximum atomic E-state index is 9.08. The van der Waals surface area contributed by atoms with Crippen LogP contribution in [-0.4, -0.2) is 42.3 Å². The number of hydrogen-bond acceptors (Lipinski definition) is 3. The lowest BCUT2D eigenvalue weighted by Gasteiger charge is -2.30. The predicted octanol–water partition coefficient (Wildman–Crippen LogP) is 1.21. The van der Waals surface area contributed by atoms with Crippen molar-refractivity contribution in [1.82, 2.24) is 4.90 Å². The van der Waals surface area contributed by atoms with E-state index in [1.54, 1.807) is 0 Å². The first-order valence-corrected chi connectivity index (χ1v) is 6.21. The molecule has 0 heterocycles. The summed E-state index contributed by atoms with van der Waals surface area (Å²) in [6, 6.07) is 0.612. The minimum atomic E-state index is 0.235. The number of nitrogens with two attached hydrogens (primary N) is 1. The van der Waals surface area contributed by atoms with Gasteiger partial charge >= 0.3 is 0 Å². The second-order valence-electron chi connectivity index (χ2n) is 5.03. The Morgan fingerprint density at radius 2 is 2.00 bits per heavy atom. The third-order valence-electron chi connectivity index (χ3n) is 3.76. The molecular weight excluding hydrogens is 188 g/mol. The quantitative estimate of drug-likeness (QED) is 0.692. The molecule has 0 radical (unpaired) electrons. The summed E-state index contributed by atoms with van der Waals surface area (Å²) in [6.45, 7) is 3.32. The van der Waals surface area contributed by atoms with E-state index < -0.39 is 0 Å². The average molecular weight is 214 g/mol. The summed E-state index contributed by atoms with van der Waals surface area (Å²) >= 11 is 0. The molecule has 0 aromatic heterocycles. The molecule has 0 saturated heterocycles. The van der Waals surface area contributed by atoms with Crippen LogP contribution in [0.1, 0.15) is 39.0 Å². The molecule has 0 bridgehead atoms. The molecule has 1 saturated carbocycles. The number of aliphatic hydroxyl groups is 1. The topological polar surface area (TPSA) is 49.5 Å². The van der Waals surface area contributed by atoms with Crippen LogP contribution in [0.25, 0.3) is 0 Å². The average Bonchev–Trinajstić information content (AvgIpc) is 2.43. The first-order chi connectivity index (χ1) is 7.15. The number of rotatable bonds is 4. The van der Waals surface area contributed by atoms with Gasteiger partial charge in [-0.2, -0.15) is 0 Å². The van der Waals surface area contributed by atoms with Crippen LogP contribution in [0.3, 0.4) is 0 Å². The molecule has 15 heavy (non-hydrogen) atoms. The zero-order valence-corrected chi connectivity index (χ0v) is 10.2. The minimum Gasteiger partial charge on any atom is -0.395 e. The summed E-state index contributed by atoms with van der Waals surface area (Å²) in [4.78, 5) is 2.23. The molecule has 90 valence electrons. The van der Waals surface area contributed by atoms with Crippen molar-refractivity contribution in [2.45, 2.75) is 51.1 Å². The van der Waals surface area contributed by atoms with Gasteiger partial charge in [-0.25, -0.2) is 0 Å². The molecule has 3 heteroatoms. The fourth-order valence-corrected chi connectivity index (χ4v) is 2.33. The highest BCUT2D eigenvalue weighted by Gasteiger charge is 2.22. The summed E-state index contributed by atoms with van der Waals surface area (Å²) in [6.07, 6.45) is 6.37. The highest BCUT2D eigenvalue weighted by molar-refractivity contribution is 4.79. The highest BCUT2D eigenvalue weighted by Crippen LogP contribution is 2.23. The third-order valence-corrected chi connectivity index (χ3v) is 3.76. The Labute approximate surface area is 93.6 Å². The van der Waals surface area contributed by atoms with Crippen molar-refractivity contribution in [3.8, 4) is 0 Å². The van der Waals surface area contributed by atoms with E-state index in [2.05, 4.69) is 18.9 Å². The van der Waals surface area contributed by atoms with Gasteiger partial charge in [0, 0.05) is 18.6 Å². The van der Waals surface area contributed by atoms with E-state index in [0.717, 1.165) is 6.54 Å². The van der Waals surface area contributed by atoms with E-state index >= 15 is 0 Å². The van der Waals surface area contributed by atoms with Crippen molar-refractivity contribution in [1.29, 1.82) is 0 Å². The van der Waals surface area contributed by atoms with Gasteiger partial charge in [-0.3, -0.25) is 0 Å². The molecule has 0 spiro atoms. The van der Waals surface area contributed by atoms with E-state index in [1.807, 2.05) is 0 Å². The van der Waals surface area contributed by atoms with Crippen LogP contribution in [0.5, 0.6) is 0 Å². The fraction of sp³-hybridized carbons (Fsp3) is 1.00. The van der Waals surface area contributed by atoms with Crippen molar-refractivity contribution in [3.05, 3.63) is 0 Å². The molecule has 3 unspecified atom stereocenters. The van der Waals surface area contributed by atoms with Gasteiger partial charge in [0.05, 0.1) is 6.61 Å². The summed E-state index contributed by atoms with van der Waals surface area (Å²) < 4.78 is 0. The minimum absolute atomic E-state index is 0.235. The number of hydrogen-bond donors (Lipinski definition) is 2. The molecular formula is C12H26N2O. The van der Waals surface area contributed by atoms with Gasteiger partial charge in [-0.15, -0.1) is 0 Å². The van der Waals surface area contributed by atoms with Crippen LogP contribution in [0.4, 0.5) is 0 Å². The van der Waals surface area contributed by atoms with Gasteiger partial charge in [0.1, 0.15) is 0 Å². The van der Waals surface area contributed by atoms with Crippen LogP contribution in [0, 0.1) is 5.92 Å². The second kappa shape index (κ2) is 6.46. The zero-order valence-electron chi connectivity index (χ0n) is 10.2. The number of likely N-dealkylation sites (N-methyl/N-ethyl adjacent to an activating group) is 1. The van der Waals surface area contributed by atoms with E-state index in [4.69, 9.17) is 10.8 Å². The maximum absolute atomic E-state index is 9.08. The van der Waals surface area contributed by atoms with E-state index in [9.17, 15) is 0 Å². The molecule has 0 aromatic rings. The van der Waals surface area contributed by atoms with Crippen molar-refractivity contribution in [2.24, 2.45) is 11.7 Å². The summed E-state index contributed by atoms with van der Waals surface area (Å²) in [5, 5.41) is 9.08. The number of nitrogens with zero attached hydrogens (tertiary/aromatic N) is 1. The normalized spacial score (nSPS) is 30.2. The zero-order chi connectivity index (χ0) is 11.3. The van der Waals surface area contributed by atoms with E-state index in [0.29, 0.717) is 12.0 Å². The van der Waals surface area contributed by atoms with Crippen LogP contribution in [0.2, 0.25) is 0 Å². The molecule has 3 nitrogen and oxygen atoms in total. The van der Waals surface area contributed by atoms with Crippen molar-refractivity contribution >= 4 is 0 Å². The summed E-state index contributed by atoms with van der Waals surface area (Å²) in [7, 11) is 2.08. The third kappa shape index (κ3) is 4.09. The fourth-order valence-electron chi connectivity index (χ4n) is 2.33. The lowest BCUT2D eigenvalue weighted by Crippen LogP contribution is -2.41. The van der Waals surface area contributed by atoms with E-state index in [1.165, 1.54) is 32.1 Å². The Balaban J connectivity index is 2.40. The van der Waals surface area contributed by atoms with Crippen LogP contribution in [-0.2, 0) is 0 Å². The first kappa shape index (κ1) is 12.9. The highest BCUT2D eigenvalue weighted by atomic mass is 16.3. The molecule has 1 aliphatic rings. The monoisotopic (exact) mass is 214 g/mol. The number of aliphatic hydroxyl groups excluding tert-OH is 1. The molecule has 3 N–H and O–H groups in total. The van der Waals surface area contributed by atoms with Crippen LogP contribution < -0.4 is 5.73 Å². The Morgan fingerprint density at radius 1 is 1.33 bits per heavy atom. The Hall–Kier alpha value is -0.120. The summed E-state index contributed by atoms with van der Waals surface area (Å²) in [5.41, 5.74) is 6.18. The Bertz CT molecular complexity index is 175. The second-order valence-corrected chi connectivity index (χ2v) is 5.03. The van der Waals surface area contributed by atoms with Crippen molar-refractivity contribution in [2.75, 3.05) is 20.2 Å². The predicted molar refractivity (Wildman–Crippen MR) is 63.7 cm³/mol. The standard InChI is InChI=1S/C12H26N2O/c1-10(9-15)14(2)8-11-6-4-3-5-7-12(11)13/h10-12,15H,3-9,13H2,1-2H3. The van der Waals surface area contributed by atoms with Gasteiger partial charge in [0.2, 0.25) is 0 Å². The Morgan fingerprint density at radius 3 is 2.67 bits per heavy atom. The van der Waals surface area contributed by atoms with Gasteiger partial charge in [-0.1, -0.05) is 19.3 Å². The largest absolute Gasteiger partial charge is 0.395 e. The lowest BCUT2D eigenvalue weighted by molar-refractivity contribution is 0.134. The van der Waals surface area contributed by atoms with Gasteiger partial charge in [-0.05, 0) is 32.7 Å². The first-order valence-electron chi connectivity index (χ1n) is 6.21. The van der Waals surface area contributed by atoms with Crippen molar-refractivity contribution < 1.29 is 5.11 Å². The Kier molecular flexibility index (Phi) is 5.58. The van der Waals surface area contributed by atoms with E-state index in [-0.39, 0.29) is 12.6 Å². The molecule has 3 atom stereocenters. The van der Waals surface area contributed by atoms with Crippen molar-refractivity contribution in [3.63, 3.8) is 0 Å². The molecule has 0 aliphatic heterocycles. The molecule has 0 aromatic carbocycles. The molecule has 0 amide bonds. The SMILES string of the molecule is CC(CO)N(C)CC1CCCCCC1N. The lowest BCUT2D eigenvalue weighted by atomic mass is 9.94. The van der Waals surface area contributed by atoms with Crippen LogP contribution >= 0.6 is 0 Å². The van der Waals surface area contributed by atoms with Gasteiger partial charge in [0.15, 0.2) is 0 Å².